The summed E-state index contributed by atoms with van der Waals surface area (Å²) in [6, 6.07) is 13.9. The molecule has 0 fully saturated rings. The van der Waals surface area contributed by atoms with Crippen LogP contribution in [0.2, 0.25) is 0 Å². The van der Waals surface area contributed by atoms with Crippen molar-refractivity contribution in [1.29, 1.82) is 0 Å². The first kappa shape index (κ1) is 13.9. The number of halogens is 1. The van der Waals surface area contributed by atoms with Crippen molar-refractivity contribution < 1.29 is 0 Å². The Kier molecular flexibility index (Phi) is 3.55. The Morgan fingerprint density at radius 2 is 1.71 bits per heavy atom. The number of nitrogen functional groups attached to an aromatic ring is 1. The molecule has 0 bridgehead atoms. The SMILES string of the molecule is Cc1cc(Nc2ccc3cc(N)ccc3n2)cc(C)c1Br. The fraction of sp³-hybridized carbons (Fsp3) is 0.118. The molecule has 0 saturated carbocycles. The van der Waals surface area contributed by atoms with Crippen LogP contribution in [0, 0.1) is 13.8 Å². The molecule has 0 unspecified atom stereocenters. The van der Waals surface area contributed by atoms with Crippen molar-refractivity contribution in [3.63, 3.8) is 0 Å². The van der Waals surface area contributed by atoms with Crippen molar-refractivity contribution in [2.24, 2.45) is 0 Å². The molecule has 0 aliphatic heterocycles. The van der Waals surface area contributed by atoms with E-state index in [2.05, 4.69) is 52.2 Å². The molecule has 1 aromatic heterocycles. The van der Waals surface area contributed by atoms with Gasteiger partial charge in [0.15, 0.2) is 0 Å². The van der Waals surface area contributed by atoms with Gasteiger partial charge in [0.1, 0.15) is 5.82 Å². The fourth-order valence-corrected chi connectivity index (χ4v) is 2.61. The lowest BCUT2D eigenvalue weighted by Gasteiger charge is -2.10. The van der Waals surface area contributed by atoms with Gasteiger partial charge >= 0.3 is 0 Å². The number of rotatable bonds is 2. The molecule has 106 valence electrons. The van der Waals surface area contributed by atoms with Crippen LogP contribution in [0.1, 0.15) is 11.1 Å². The molecule has 2 aromatic carbocycles. The lowest BCUT2D eigenvalue weighted by Crippen LogP contribution is -1.96. The lowest BCUT2D eigenvalue weighted by molar-refractivity contribution is 1.31. The Bertz CT molecular complexity index is 804. The summed E-state index contributed by atoms with van der Waals surface area (Å²) in [4.78, 5) is 4.61. The van der Waals surface area contributed by atoms with Crippen molar-refractivity contribution in [2.75, 3.05) is 11.1 Å². The number of nitrogens with two attached hydrogens (primary N) is 1. The van der Waals surface area contributed by atoms with Gasteiger partial charge in [-0.15, -0.1) is 0 Å². The predicted molar refractivity (Wildman–Crippen MR) is 93.1 cm³/mol. The van der Waals surface area contributed by atoms with E-state index in [4.69, 9.17) is 5.73 Å². The predicted octanol–water partition coefficient (Wildman–Crippen LogP) is 4.94. The zero-order valence-corrected chi connectivity index (χ0v) is 13.5. The smallest absolute Gasteiger partial charge is 0.131 e. The number of pyridine rings is 1. The number of nitrogens with zero attached hydrogens (tertiary/aromatic N) is 1. The Labute approximate surface area is 132 Å². The maximum absolute atomic E-state index is 5.79. The zero-order chi connectivity index (χ0) is 15.0. The number of fused-ring (bicyclic) bond motifs is 1. The number of aryl methyl sites for hydroxylation is 2. The first-order valence-corrected chi connectivity index (χ1v) is 7.52. The summed E-state index contributed by atoms with van der Waals surface area (Å²) < 4.78 is 1.15. The maximum Gasteiger partial charge on any atom is 0.131 e. The molecule has 0 amide bonds. The number of hydrogen-bond donors (Lipinski definition) is 2. The molecule has 3 aromatic rings. The molecule has 21 heavy (non-hydrogen) atoms. The highest BCUT2D eigenvalue weighted by Crippen LogP contribution is 2.27. The van der Waals surface area contributed by atoms with Gasteiger partial charge < -0.3 is 11.1 Å². The summed E-state index contributed by atoms with van der Waals surface area (Å²) in [5.74, 6) is 0.827. The summed E-state index contributed by atoms with van der Waals surface area (Å²) in [6.45, 7) is 4.16. The normalized spacial score (nSPS) is 10.8. The van der Waals surface area contributed by atoms with Crippen LogP contribution in [0.15, 0.2) is 46.9 Å². The molecule has 0 aliphatic carbocycles. The number of aromatic nitrogens is 1. The van der Waals surface area contributed by atoms with Gasteiger partial charge in [0.05, 0.1) is 5.52 Å². The van der Waals surface area contributed by atoms with E-state index >= 15 is 0 Å². The first-order chi connectivity index (χ1) is 10.0. The van der Waals surface area contributed by atoms with Crippen molar-refractivity contribution in [3.05, 3.63) is 58.1 Å². The van der Waals surface area contributed by atoms with Gasteiger partial charge in [0, 0.05) is 21.2 Å². The molecule has 1 heterocycles. The van der Waals surface area contributed by atoms with E-state index in [1.165, 1.54) is 11.1 Å². The molecule has 3 rings (SSSR count). The van der Waals surface area contributed by atoms with Crippen LogP contribution in [0.5, 0.6) is 0 Å². The maximum atomic E-state index is 5.79. The van der Waals surface area contributed by atoms with Crippen LogP contribution in [0.25, 0.3) is 10.9 Å². The van der Waals surface area contributed by atoms with Crippen molar-refractivity contribution >= 4 is 44.0 Å². The van der Waals surface area contributed by atoms with E-state index in [0.717, 1.165) is 32.6 Å². The van der Waals surface area contributed by atoms with E-state index in [1.807, 2.05) is 30.3 Å². The van der Waals surface area contributed by atoms with Crippen LogP contribution in [0.4, 0.5) is 17.2 Å². The van der Waals surface area contributed by atoms with E-state index in [9.17, 15) is 0 Å². The van der Waals surface area contributed by atoms with E-state index in [-0.39, 0.29) is 0 Å². The summed E-state index contributed by atoms with van der Waals surface area (Å²) in [5.41, 5.74) is 10.9. The minimum Gasteiger partial charge on any atom is -0.399 e. The largest absolute Gasteiger partial charge is 0.399 e. The molecular formula is C17H16BrN3. The fourth-order valence-electron chi connectivity index (χ4n) is 2.38. The topological polar surface area (TPSA) is 50.9 Å². The third-order valence-electron chi connectivity index (χ3n) is 3.42. The average Bonchev–Trinajstić information content (AvgIpc) is 2.45. The van der Waals surface area contributed by atoms with Gasteiger partial charge in [0.25, 0.3) is 0 Å². The molecule has 0 radical (unpaired) electrons. The minimum absolute atomic E-state index is 0.754. The van der Waals surface area contributed by atoms with Gasteiger partial charge in [-0.1, -0.05) is 15.9 Å². The average molecular weight is 342 g/mol. The van der Waals surface area contributed by atoms with Crippen LogP contribution in [-0.2, 0) is 0 Å². The van der Waals surface area contributed by atoms with Crippen LogP contribution in [-0.4, -0.2) is 4.98 Å². The van der Waals surface area contributed by atoms with Crippen LogP contribution in [0.3, 0.4) is 0 Å². The molecule has 0 saturated heterocycles. The molecule has 3 N–H and O–H groups in total. The second kappa shape index (κ2) is 5.37. The third kappa shape index (κ3) is 2.85. The summed E-state index contributed by atoms with van der Waals surface area (Å²) >= 11 is 3.58. The number of anilines is 3. The Hall–Kier alpha value is -2.07. The highest BCUT2D eigenvalue weighted by molar-refractivity contribution is 9.10. The third-order valence-corrected chi connectivity index (χ3v) is 4.67. The second-order valence-corrected chi connectivity index (χ2v) is 5.99. The number of nitrogens with one attached hydrogen (secondary N) is 1. The highest BCUT2D eigenvalue weighted by atomic mass is 79.9. The summed E-state index contributed by atoms with van der Waals surface area (Å²) in [5, 5.41) is 4.40. The lowest BCUT2D eigenvalue weighted by atomic mass is 10.1. The van der Waals surface area contributed by atoms with Gasteiger partial charge in [-0.25, -0.2) is 4.98 Å². The van der Waals surface area contributed by atoms with Crippen molar-refractivity contribution in [1.82, 2.24) is 4.98 Å². The molecule has 4 heteroatoms. The summed E-state index contributed by atoms with van der Waals surface area (Å²) in [7, 11) is 0. The molecular weight excluding hydrogens is 326 g/mol. The van der Waals surface area contributed by atoms with Crippen LogP contribution >= 0.6 is 15.9 Å². The van der Waals surface area contributed by atoms with E-state index in [1.54, 1.807) is 0 Å². The molecule has 3 nitrogen and oxygen atoms in total. The van der Waals surface area contributed by atoms with Gasteiger partial charge in [-0.3, -0.25) is 0 Å². The molecule has 0 aliphatic rings. The van der Waals surface area contributed by atoms with E-state index < -0.39 is 0 Å². The Morgan fingerprint density at radius 3 is 2.43 bits per heavy atom. The first-order valence-electron chi connectivity index (χ1n) is 6.73. The number of benzene rings is 2. The zero-order valence-electron chi connectivity index (χ0n) is 11.9. The van der Waals surface area contributed by atoms with Gasteiger partial charge in [-0.2, -0.15) is 0 Å². The molecule has 0 spiro atoms. The van der Waals surface area contributed by atoms with Gasteiger partial charge in [0.2, 0.25) is 0 Å². The second-order valence-electron chi connectivity index (χ2n) is 5.20. The molecule has 0 atom stereocenters. The van der Waals surface area contributed by atoms with Gasteiger partial charge in [-0.05, 0) is 67.4 Å². The van der Waals surface area contributed by atoms with E-state index in [0.29, 0.717) is 0 Å². The summed E-state index contributed by atoms with van der Waals surface area (Å²) in [6.07, 6.45) is 0. The van der Waals surface area contributed by atoms with Crippen molar-refractivity contribution in [3.8, 4) is 0 Å². The Balaban J connectivity index is 1.96. The van der Waals surface area contributed by atoms with Crippen LogP contribution < -0.4 is 11.1 Å². The number of hydrogen-bond acceptors (Lipinski definition) is 3. The minimum atomic E-state index is 0.754. The quantitative estimate of drug-likeness (QED) is 0.649. The Morgan fingerprint density at radius 1 is 1.00 bits per heavy atom. The van der Waals surface area contributed by atoms with Crippen molar-refractivity contribution in [2.45, 2.75) is 13.8 Å². The highest BCUT2D eigenvalue weighted by Gasteiger charge is 2.04. The standard InChI is InChI=1S/C17H16BrN3/c1-10-7-14(8-11(2)17(10)18)20-16-6-3-12-9-13(19)4-5-15(12)21-16/h3-9H,19H2,1-2H3,(H,20,21). The monoisotopic (exact) mass is 341 g/mol.